The van der Waals surface area contributed by atoms with Crippen molar-refractivity contribution >= 4 is 46.6 Å². The summed E-state index contributed by atoms with van der Waals surface area (Å²) in [7, 11) is 0. The van der Waals surface area contributed by atoms with Gasteiger partial charge in [-0.15, -0.1) is 0 Å². The van der Waals surface area contributed by atoms with Crippen LogP contribution < -0.4 is 15.4 Å². The number of halogens is 1. The Balaban J connectivity index is 1.40. The van der Waals surface area contributed by atoms with Crippen LogP contribution in [0.5, 0.6) is 11.5 Å². The van der Waals surface area contributed by atoms with Gasteiger partial charge in [0.25, 0.3) is 0 Å². The summed E-state index contributed by atoms with van der Waals surface area (Å²) in [4.78, 5) is 81.7. The number of aromatic hydroxyl groups is 1. The molecule has 3 N–H and O–H groups in total. The zero-order chi connectivity index (χ0) is 41.1. The quantitative estimate of drug-likeness (QED) is 0.145. The summed E-state index contributed by atoms with van der Waals surface area (Å²) in [6, 6.07) is 9.09. The van der Waals surface area contributed by atoms with Gasteiger partial charge >= 0.3 is 24.1 Å². The fourth-order valence-electron chi connectivity index (χ4n) is 6.04. The molecule has 1 aliphatic heterocycles. The number of esters is 2. The normalized spacial score (nSPS) is 20.6. The number of amides is 2. The topological polar surface area (TPSA) is 215 Å². The lowest BCUT2D eigenvalue weighted by atomic mass is 9.81. The van der Waals surface area contributed by atoms with E-state index in [-0.39, 0.29) is 52.7 Å². The molecule has 0 radical (unpaired) electrons. The van der Waals surface area contributed by atoms with Crippen LogP contribution in [0, 0.1) is 0 Å². The standard InChI is InChI=1S/C39H44FN3O13/c1-19-32(52-23(44)14-17-42-36(49)55-38(2,3)4)33(53-24(45)15-18-43-37(50)56-39(5,6)7)27(40)35(51-19)54-34-28-22(13-10-16-41-28)25-26(31(34)48)30(47)21-12-9-8-11-20(21)29(25)46/h8-13,16,19,27,32-33,35,48H,14-15,17-18H2,1-7H3,(H,42,49)(H,43,50)/t19-,27-,32+,33-,35+/m0/s1. The van der Waals surface area contributed by atoms with E-state index in [0.717, 1.165) is 0 Å². The molecule has 2 amide bonds. The van der Waals surface area contributed by atoms with Crippen LogP contribution >= 0.6 is 0 Å². The van der Waals surface area contributed by atoms with Gasteiger partial charge in [-0.05, 0) is 54.5 Å². The number of hydrogen-bond donors (Lipinski definition) is 3. The number of ether oxygens (including phenoxy) is 6. The Bertz CT molecular complexity index is 2040. The van der Waals surface area contributed by atoms with Crippen LogP contribution in [0.4, 0.5) is 14.0 Å². The van der Waals surface area contributed by atoms with Crippen molar-refractivity contribution < 1.29 is 66.7 Å². The summed E-state index contributed by atoms with van der Waals surface area (Å²) in [5.41, 5.74) is -2.01. The van der Waals surface area contributed by atoms with Crippen molar-refractivity contribution in [1.82, 2.24) is 15.6 Å². The van der Waals surface area contributed by atoms with Gasteiger partial charge in [0.2, 0.25) is 12.5 Å². The second kappa shape index (κ2) is 16.5. The average Bonchev–Trinajstić information content (AvgIpc) is 3.10. The second-order valence-corrected chi connectivity index (χ2v) is 15.1. The first-order chi connectivity index (χ1) is 26.3. The summed E-state index contributed by atoms with van der Waals surface area (Å²) < 4.78 is 49.8. The molecular formula is C39H44FN3O13. The number of alkyl halides is 1. The van der Waals surface area contributed by atoms with Gasteiger partial charge in [0.15, 0.2) is 35.3 Å². The Morgan fingerprint density at radius 2 is 1.32 bits per heavy atom. The van der Waals surface area contributed by atoms with Crippen LogP contribution in [-0.4, -0.2) is 101 Å². The van der Waals surface area contributed by atoms with Crippen molar-refractivity contribution in [2.45, 2.75) is 103 Å². The highest BCUT2D eigenvalue weighted by Gasteiger charge is 2.51. The molecule has 5 atom stereocenters. The van der Waals surface area contributed by atoms with Crippen molar-refractivity contribution in [1.29, 1.82) is 0 Å². The first-order valence-corrected chi connectivity index (χ1v) is 17.9. The maximum absolute atomic E-state index is 16.7. The number of aromatic nitrogens is 1. The van der Waals surface area contributed by atoms with Gasteiger partial charge in [-0.25, -0.2) is 14.0 Å². The van der Waals surface area contributed by atoms with Gasteiger partial charge in [0, 0.05) is 41.4 Å². The molecule has 5 rings (SSSR count). The summed E-state index contributed by atoms with van der Waals surface area (Å²) in [6.07, 6.45) is -10.1. The minimum atomic E-state index is -2.40. The lowest BCUT2D eigenvalue weighted by Crippen LogP contribution is -2.59. The first-order valence-electron chi connectivity index (χ1n) is 17.9. The van der Waals surface area contributed by atoms with Gasteiger partial charge in [-0.2, -0.15) is 0 Å². The van der Waals surface area contributed by atoms with Gasteiger partial charge in [-0.3, -0.25) is 24.2 Å². The fourth-order valence-corrected chi connectivity index (χ4v) is 6.04. The lowest BCUT2D eigenvalue weighted by molar-refractivity contribution is -0.262. The number of pyridine rings is 1. The Labute approximate surface area is 321 Å². The van der Waals surface area contributed by atoms with Crippen molar-refractivity contribution in [2.24, 2.45) is 0 Å². The second-order valence-electron chi connectivity index (χ2n) is 15.1. The summed E-state index contributed by atoms with van der Waals surface area (Å²) >= 11 is 0. The zero-order valence-corrected chi connectivity index (χ0v) is 31.9. The molecule has 300 valence electrons. The molecule has 16 nitrogen and oxygen atoms in total. The van der Waals surface area contributed by atoms with E-state index in [9.17, 15) is 33.9 Å². The number of alkyl carbamates (subject to hydrolysis) is 2. The molecule has 0 saturated carbocycles. The molecule has 1 aliphatic carbocycles. The number of nitrogens with zero attached hydrogens (tertiary/aromatic N) is 1. The maximum atomic E-state index is 16.7. The molecule has 3 aromatic rings. The SMILES string of the molecule is C[C@@H]1O[C@H](Oc2c(O)c3c(c4cccnc24)C(=O)c2ccccc2C3=O)[C@@H](F)[C@H](OC(=O)CCNC(=O)OC(C)(C)C)[C@@H]1OC(=O)CCNC(=O)OC(C)(C)C. The third-order valence-corrected chi connectivity index (χ3v) is 8.34. The zero-order valence-electron chi connectivity index (χ0n) is 31.9. The Kier molecular flexibility index (Phi) is 12.2. The molecule has 1 saturated heterocycles. The molecule has 0 unspecified atom stereocenters. The van der Waals surface area contributed by atoms with Gasteiger partial charge in [0.05, 0.1) is 24.5 Å². The minimum Gasteiger partial charge on any atom is -0.504 e. The van der Waals surface area contributed by atoms with E-state index in [4.69, 9.17) is 28.4 Å². The van der Waals surface area contributed by atoms with E-state index >= 15 is 4.39 Å². The van der Waals surface area contributed by atoms with E-state index in [1.165, 1.54) is 37.4 Å². The van der Waals surface area contributed by atoms with Gasteiger partial charge in [-0.1, -0.05) is 30.3 Å². The highest BCUT2D eigenvalue weighted by molar-refractivity contribution is 6.33. The van der Waals surface area contributed by atoms with Crippen LogP contribution in [0.3, 0.4) is 0 Å². The predicted molar refractivity (Wildman–Crippen MR) is 194 cm³/mol. The monoisotopic (exact) mass is 781 g/mol. The number of phenols is 1. The van der Waals surface area contributed by atoms with Crippen LogP contribution in [-0.2, 0) is 33.3 Å². The summed E-state index contributed by atoms with van der Waals surface area (Å²) in [5, 5.41) is 16.5. The molecular weight excluding hydrogens is 737 g/mol. The molecule has 2 heterocycles. The third kappa shape index (κ3) is 9.50. The molecule has 0 spiro atoms. The van der Waals surface area contributed by atoms with E-state index in [1.807, 2.05) is 0 Å². The molecule has 0 bridgehead atoms. The van der Waals surface area contributed by atoms with E-state index in [0.29, 0.717) is 0 Å². The van der Waals surface area contributed by atoms with Crippen LogP contribution in [0.1, 0.15) is 93.2 Å². The molecule has 56 heavy (non-hydrogen) atoms. The molecule has 2 aliphatic rings. The number of nitrogens with one attached hydrogen (secondary N) is 2. The van der Waals surface area contributed by atoms with Crippen LogP contribution in [0.15, 0.2) is 42.6 Å². The number of phenolic OH excluding ortho intramolecular Hbond substituents is 1. The first kappa shape index (κ1) is 41.3. The maximum Gasteiger partial charge on any atom is 0.407 e. The smallest absolute Gasteiger partial charge is 0.407 e. The van der Waals surface area contributed by atoms with Crippen molar-refractivity contribution in [3.8, 4) is 11.5 Å². The highest BCUT2D eigenvalue weighted by atomic mass is 19.1. The Morgan fingerprint density at radius 3 is 1.86 bits per heavy atom. The lowest BCUT2D eigenvalue weighted by Gasteiger charge is -2.41. The average molecular weight is 782 g/mol. The minimum absolute atomic E-state index is 0.0412. The summed E-state index contributed by atoms with van der Waals surface area (Å²) in [6.45, 7) is 10.9. The highest BCUT2D eigenvalue weighted by Crippen LogP contribution is 2.46. The largest absolute Gasteiger partial charge is 0.504 e. The third-order valence-electron chi connectivity index (χ3n) is 8.34. The number of ketones is 2. The number of fused-ring (bicyclic) bond motifs is 4. The van der Waals surface area contributed by atoms with Crippen molar-refractivity contribution in [2.75, 3.05) is 13.1 Å². The van der Waals surface area contributed by atoms with Crippen LogP contribution in [0.25, 0.3) is 10.9 Å². The molecule has 1 aromatic heterocycles. The Hall–Kier alpha value is -5.84. The van der Waals surface area contributed by atoms with E-state index < -0.39 is 95.6 Å². The van der Waals surface area contributed by atoms with Crippen LogP contribution in [0.2, 0.25) is 0 Å². The predicted octanol–water partition coefficient (Wildman–Crippen LogP) is 4.83. The van der Waals surface area contributed by atoms with E-state index in [1.54, 1.807) is 53.7 Å². The van der Waals surface area contributed by atoms with E-state index in [2.05, 4.69) is 15.6 Å². The van der Waals surface area contributed by atoms with Crippen molar-refractivity contribution in [3.63, 3.8) is 0 Å². The molecule has 1 fully saturated rings. The number of carbonyl (C=O) groups excluding carboxylic acids is 6. The number of benzene rings is 2. The van der Waals surface area contributed by atoms with Crippen molar-refractivity contribution in [3.05, 3.63) is 64.8 Å². The number of carbonyl (C=O) groups is 6. The summed E-state index contributed by atoms with van der Waals surface area (Å²) in [5.74, 6) is -4.42. The number of rotatable bonds is 10. The molecule has 17 heteroatoms. The fraction of sp³-hybridized carbons (Fsp3) is 0.462. The van der Waals surface area contributed by atoms with Gasteiger partial charge in [0.1, 0.15) is 16.7 Å². The van der Waals surface area contributed by atoms with Gasteiger partial charge < -0.3 is 44.2 Å². The Morgan fingerprint density at radius 1 is 0.804 bits per heavy atom. The molecule has 2 aromatic carbocycles. The number of hydrogen-bond acceptors (Lipinski definition) is 14.